The Hall–Kier alpha value is -2.15. The van der Waals surface area contributed by atoms with Crippen molar-refractivity contribution in [2.24, 2.45) is 0 Å². The second-order valence-electron chi connectivity index (χ2n) is 7.75. The van der Waals surface area contributed by atoms with Crippen molar-refractivity contribution in [1.29, 1.82) is 0 Å². The van der Waals surface area contributed by atoms with Gasteiger partial charge in [-0.3, -0.25) is 14.6 Å². The first-order valence-corrected chi connectivity index (χ1v) is 10.4. The summed E-state index contributed by atoms with van der Waals surface area (Å²) in [7, 11) is 0. The molecule has 1 aliphatic carbocycles. The number of carbonyl (C=O) groups is 1. The maximum Gasteiger partial charge on any atom is 0.274 e. The van der Waals surface area contributed by atoms with E-state index in [0.29, 0.717) is 11.7 Å². The van der Waals surface area contributed by atoms with Gasteiger partial charge in [0.25, 0.3) is 5.91 Å². The predicted octanol–water partition coefficient (Wildman–Crippen LogP) is 2.29. The zero-order valence-electron chi connectivity index (χ0n) is 16.2. The predicted molar refractivity (Wildman–Crippen MR) is 104 cm³/mol. The summed E-state index contributed by atoms with van der Waals surface area (Å²) in [5.74, 6) is 0.134. The molecule has 7 heteroatoms. The van der Waals surface area contributed by atoms with Crippen LogP contribution < -0.4 is 5.32 Å². The summed E-state index contributed by atoms with van der Waals surface area (Å²) < 4.78 is 2.09. The Kier molecular flexibility index (Phi) is 5.57. The van der Waals surface area contributed by atoms with Gasteiger partial charge in [0.1, 0.15) is 0 Å². The second kappa shape index (κ2) is 8.25. The number of nitrogens with one attached hydrogen (secondary N) is 2. The maximum atomic E-state index is 13.2. The minimum atomic E-state index is 0.134. The van der Waals surface area contributed by atoms with Crippen molar-refractivity contribution in [2.45, 2.75) is 71.0 Å². The van der Waals surface area contributed by atoms with E-state index < -0.39 is 0 Å². The SMILES string of the molecule is CCCn1nc(C(=O)N2CCCCC2)c2c1CCC(NCc1ccn[nH]1)C2. The van der Waals surface area contributed by atoms with Crippen LogP contribution in [0.5, 0.6) is 0 Å². The van der Waals surface area contributed by atoms with E-state index in [2.05, 4.69) is 27.1 Å². The molecule has 0 bridgehead atoms. The molecule has 1 atom stereocenters. The molecule has 3 heterocycles. The Balaban J connectivity index is 1.53. The Morgan fingerprint density at radius 3 is 2.93 bits per heavy atom. The number of aryl methyl sites for hydroxylation is 1. The summed E-state index contributed by atoms with van der Waals surface area (Å²) in [6.07, 6.45) is 9.20. The molecule has 1 saturated heterocycles. The van der Waals surface area contributed by atoms with Gasteiger partial charge in [-0.2, -0.15) is 10.2 Å². The van der Waals surface area contributed by atoms with E-state index in [1.807, 2.05) is 11.0 Å². The van der Waals surface area contributed by atoms with Gasteiger partial charge in [-0.1, -0.05) is 6.92 Å². The van der Waals surface area contributed by atoms with Gasteiger partial charge in [-0.25, -0.2) is 0 Å². The highest BCUT2D eigenvalue weighted by Gasteiger charge is 2.31. The van der Waals surface area contributed by atoms with Crippen molar-refractivity contribution in [2.75, 3.05) is 13.1 Å². The topological polar surface area (TPSA) is 78.8 Å². The molecule has 1 unspecified atom stereocenters. The van der Waals surface area contributed by atoms with Crippen LogP contribution in [0.4, 0.5) is 0 Å². The second-order valence-corrected chi connectivity index (χ2v) is 7.75. The molecular formula is C20H30N6O. The molecule has 0 spiro atoms. The average molecular weight is 371 g/mol. The monoisotopic (exact) mass is 370 g/mol. The van der Waals surface area contributed by atoms with Crippen LogP contribution >= 0.6 is 0 Å². The van der Waals surface area contributed by atoms with Gasteiger partial charge in [0.2, 0.25) is 0 Å². The fourth-order valence-electron chi connectivity index (χ4n) is 4.31. The summed E-state index contributed by atoms with van der Waals surface area (Å²) in [5.41, 5.74) is 4.24. The number of aromatic amines is 1. The summed E-state index contributed by atoms with van der Waals surface area (Å²) in [6, 6.07) is 2.36. The van der Waals surface area contributed by atoms with Crippen molar-refractivity contribution >= 4 is 5.91 Å². The molecule has 27 heavy (non-hydrogen) atoms. The average Bonchev–Trinajstić information content (AvgIpc) is 3.35. The molecule has 4 rings (SSSR count). The summed E-state index contributed by atoms with van der Waals surface area (Å²) in [6.45, 7) is 5.57. The van der Waals surface area contributed by atoms with E-state index in [0.717, 1.165) is 70.4 Å². The number of amides is 1. The minimum absolute atomic E-state index is 0.134. The summed E-state index contributed by atoms with van der Waals surface area (Å²) in [4.78, 5) is 15.2. The minimum Gasteiger partial charge on any atom is -0.337 e. The lowest BCUT2D eigenvalue weighted by Crippen LogP contribution is -2.38. The van der Waals surface area contributed by atoms with Crippen LogP contribution in [0.1, 0.15) is 66.5 Å². The molecule has 0 aromatic carbocycles. The Labute approximate surface area is 160 Å². The number of likely N-dealkylation sites (tertiary alicyclic amines) is 1. The molecule has 1 fully saturated rings. The molecular weight excluding hydrogens is 340 g/mol. The maximum absolute atomic E-state index is 13.2. The van der Waals surface area contributed by atoms with E-state index in [9.17, 15) is 4.79 Å². The first kappa shape index (κ1) is 18.2. The lowest BCUT2D eigenvalue weighted by atomic mass is 9.90. The van der Waals surface area contributed by atoms with Gasteiger partial charge < -0.3 is 10.2 Å². The van der Waals surface area contributed by atoms with E-state index >= 15 is 0 Å². The molecule has 7 nitrogen and oxygen atoms in total. The highest BCUT2D eigenvalue weighted by atomic mass is 16.2. The quantitative estimate of drug-likeness (QED) is 0.818. The highest BCUT2D eigenvalue weighted by Crippen LogP contribution is 2.27. The first-order chi connectivity index (χ1) is 13.3. The van der Waals surface area contributed by atoms with Crippen molar-refractivity contribution in [3.05, 3.63) is 34.9 Å². The van der Waals surface area contributed by atoms with Crippen LogP contribution in [0.15, 0.2) is 12.3 Å². The van der Waals surface area contributed by atoms with E-state index in [-0.39, 0.29) is 5.91 Å². The van der Waals surface area contributed by atoms with Crippen LogP contribution in [-0.4, -0.2) is 49.9 Å². The molecule has 2 aromatic rings. The number of nitrogens with zero attached hydrogens (tertiary/aromatic N) is 4. The van der Waals surface area contributed by atoms with Gasteiger partial charge in [0.15, 0.2) is 5.69 Å². The number of carbonyl (C=O) groups excluding carboxylic acids is 1. The number of fused-ring (bicyclic) bond motifs is 1. The molecule has 2 aromatic heterocycles. The van der Waals surface area contributed by atoms with Crippen LogP contribution in [0.2, 0.25) is 0 Å². The standard InChI is InChI=1S/C20H30N6O/c1-2-10-26-18-7-6-15(21-14-16-8-9-22-23-16)13-17(18)19(24-26)20(27)25-11-4-3-5-12-25/h8-9,15,21H,2-7,10-14H2,1H3,(H,22,23). The largest absolute Gasteiger partial charge is 0.337 e. The third-order valence-corrected chi connectivity index (χ3v) is 5.77. The third kappa shape index (κ3) is 3.93. The van der Waals surface area contributed by atoms with Gasteiger partial charge in [0.05, 0.1) is 0 Å². The zero-order chi connectivity index (χ0) is 18.6. The van der Waals surface area contributed by atoms with Gasteiger partial charge >= 0.3 is 0 Å². The molecule has 0 radical (unpaired) electrons. The summed E-state index contributed by atoms with van der Waals surface area (Å²) in [5, 5.41) is 15.4. The van der Waals surface area contributed by atoms with Crippen molar-refractivity contribution in [3.8, 4) is 0 Å². The van der Waals surface area contributed by atoms with Crippen molar-refractivity contribution < 1.29 is 4.79 Å². The molecule has 2 aliphatic rings. The first-order valence-electron chi connectivity index (χ1n) is 10.4. The van der Waals surface area contributed by atoms with Gasteiger partial charge in [0, 0.05) is 55.4 Å². The van der Waals surface area contributed by atoms with Crippen LogP contribution in [0, 0.1) is 0 Å². The zero-order valence-corrected chi connectivity index (χ0v) is 16.2. The fraction of sp³-hybridized carbons (Fsp3) is 0.650. The smallest absolute Gasteiger partial charge is 0.274 e. The number of piperidine rings is 1. The van der Waals surface area contributed by atoms with Crippen molar-refractivity contribution in [3.63, 3.8) is 0 Å². The number of hydrogen-bond acceptors (Lipinski definition) is 4. The lowest BCUT2D eigenvalue weighted by Gasteiger charge is -2.27. The Morgan fingerprint density at radius 2 is 2.19 bits per heavy atom. The van der Waals surface area contributed by atoms with E-state index in [4.69, 9.17) is 5.10 Å². The fourth-order valence-corrected chi connectivity index (χ4v) is 4.31. The van der Waals surface area contributed by atoms with Crippen LogP contribution in [-0.2, 0) is 25.9 Å². The Bertz CT molecular complexity index is 760. The molecule has 2 N–H and O–H groups in total. The number of rotatable bonds is 6. The Morgan fingerprint density at radius 1 is 1.33 bits per heavy atom. The summed E-state index contributed by atoms with van der Waals surface area (Å²) >= 11 is 0. The normalized spacial score (nSPS) is 19.9. The highest BCUT2D eigenvalue weighted by molar-refractivity contribution is 5.94. The molecule has 1 amide bonds. The third-order valence-electron chi connectivity index (χ3n) is 5.77. The van der Waals surface area contributed by atoms with Crippen LogP contribution in [0.25, 0.3) is 0 Å². The lowest BCUT2D eigenvalue weighted by molar-refractivity contribution is 0.0716. The number of hydrogen-bond donors (Lipinski definition) is 2. The van der Waals surface area contributed by atoms with E-state index in [1.165, 1.54) is 17.7 Å². The number of aromatic nitrogens is 4. The van der Waals surface area contributed by atoms with Gasteiger partial charge in [-0.15, -0.1) is 0 Å². The van der Waals surface area contributed by atoms with Crippen molar-refractivity contribution in [1.82, 2.24) is 30.2 Å². The van der Waals surface area contributed by atoms with E-state index in [1.54, 1.807) is 6.20 Å². The molecule has 0 saturated carbocycles. The number of H-pyrrole nitrogens is 1. The molecule has 1 aliphatic heterocycles. The van der Waals surface area contributed by atoms with Gasteiger partial charge in [-0.05, 0) is 51.0 Å². The molecule has 146 valence electrons. The van der Waals surface area contributed by atoms with Crippen LogP contribution in [0.3, 0.4) is 0 Å².